The van der Waals surface area contributed by atoms with Gasteiger partial charge in [-0.05, 0) is 35.0 Å². The van der Waals surface area contributed by atoms with Crippen LogP contribution in [-0.4, -0.2) is 25.9 Å². The van der Waals surface area contributed by atoms with Crippen molar-refractivity contribution in [2.45, 2.75) is 19.1 Å². The second-order valence-corrected chi connectivity index (χ2v) is 5.98. The fraction of sp³-hybridized carbons (Fsp3) is 0.600. The van der Waals surface area contributed by atoms with Crippen molar-refractivity contribution in [2.75, 3.05) is 19.8 Å². The number of hydrogen-bond donors (Lipinski definition) is 1. The van der Waals surface area contributed by atoms with Gasteiger partial charge in [0, 0.05) is 17.5 Å². The van der Waals surface area contributed by atoms with E-state index in [4.69, 9.17) is 0 Å². The van der Waals surface area contributed by atoms with E-state index in [1.54, 1.807) is 11.3 Å². The molecule has 2 nitrogen and oxygen atoms in total. The highest BCUT2D eigenvalue weighted by atomic mass is 79.9. The summed E-state index contributed by atoms with van der Waals surface area (Å²) in [6.45, 7) is 1.22. The van der Waals surface area contributed by atoms with Gasteiger partial charge in [0.2, 0.25) is 0 Å². The van der Waals surface area contributed by atoms with Gasteiger partial charge in [0.25, 0.3) is 0 Å². The molecule has 0 spiro atoms. The van der Waals surface area contributed by atoms with E-state index in [9.17, 15) is 13.2 Å². The highest BCUT2D eigenvalue weighted by Gasteiger charge is 2.27. The van der Waals surface area contributed by atoms with Gasteiger partial charge in [-0.1, -0.05) is 0 Å². The van der Waals surface area contributed by atoms with Crippen molar-refractivity contribution in [2.24, 2.45) is 0 Å². The topological polar surface area (TPSA) is 21.3 Å². The molecular weight excluding hydrogens is 319 g/mol. The summed E-state index contributed by atoms with van der Waals surface area (Å²) in [5.41, 5.74) is 0. The normalized spacial score (nSPS) is 13.9. The molecule has 0 fully saturated rings. The average Bonchev–Trinajstić information content (AvgIpc) is 2.62. The van der Waals surface area contributed by atoms with E-state index in [-0.39, 0.29) is 12.6 Å². The van der Waals surface area contributed by atoms with Crippen LogP contribution in [0.5, 0.6) is 0 Å². The number of thiophene rings is 1. The molecule has 0 aliphatic rings. The lowest BCUT2D eigenvalue weighted by molar-refractivity contribution is -0.173. The van der Waals surface area contributed by atoms with Crippen molar-refractivity contribution in [3.8, 4) is 0 Å². The molecular formula is C10H13BrF3NOS. The summed E-state index contributed by atoms with van der Waals surface area (Å²) in [7, 11) is 0. The van der Waals surface area contributed by atoms with E-state index >= 15 is 0 Å². The van der Waals surface area contributed by atoms with E-state index < -0.39 is 12.8 Å². The second kappa shape index (κ2) is 6.72. The molecule has 0 radical (unpaired) electrons. The number of ether oxygens (including phenoxy) is 1. The number of rotatable bonds is 6. The van der Waals surface area contributed by atoms with Crippen LogP contribution in [0.2, 0.25) is 0 Å². The largest absolute Gasteiger partial charge is 0.411 e. The Morgan fingerprint density at radius 2 is 2.18 bits per heavy atom. The van der Waals surface area contributed by atoms with E-state index in [0.29, 0.717) is 6.54 Å². The highest BCUT2D eigenvalue weighted by molar-refractivity contribution is 9.11. The quantitative estimate of drug-likeness (QED) is 0.802. The number of nitrogens with one attached hydrogen (secondary N) is 1. The maximum absolute atomic E-state index is 11.8. The summed E-state index contributed by atoms with van der Waals surface area (Å²) in [5.74, 6) is 0. The minimum absolute atomic E-state index is 0.0520. The summed E-state index contributed by atoms with van der Waals surface area (Å²) in [4.78, 5) is 1.13. The molecule has 1 aromatic heterocycles. The van der Waals surface area contributed by atoms with Gasteiger partial charge in [-0.2, -0.15) is 13.2 Å². The van der Waals surface area contributed by atoms with Gasteiger partial charge in [-0.25, -0.2) is 0 Å². The van der Waals surface area contributed by atoms with Crippen LogP contribution in [0.3, 0.4) is 0 Å². The molecule has 1 rings (SSSR count). The van der Waals surface area contributed by atoms with Crippen LogP contribution in [0.25, 0.3) is 0 Å². The molecule has 0 bridgehead atoms. The molecule has 0 saturated heterocycles. The van der Waals surface area contributed by atoms with Crippen LogP contribution in [-0.2, 0) is 4.74 Å². The first-order valence-electron chi connectivity index (χ1n) is 5.01. The Hall–Kier alpha value is -0.110. The maximum atomic E-state index is 11.8. The van der Waals surface area contributed by atoms with Crippen molar-refractivity contribution in [3.63, 3.8) is 0 Å². The van der Waals surface area contributed by atoms with Gasteiger partial charge >= 0.3 is 6.18 Å². The van der Waals surface area contributed by atoms with E-state index in [1.807, 2.05) is 19.1 Å². The summed E-state index contributed by atoms with van der Waals surface area (Å²) in [5, 5.41) is 3.10. The van der Waals surface area contributed by atoms with Gasteiger partial charge in [-0.3, -0.25) is 0 Å². The van der Waals surface area contributed by atoms with E-state index in [1.165, 1.54) is 0 Å². The number of alkyl halides is 3. The smallest absolute Gasteiger partial charge is 0.371 e. The monoisotopic (exact) mass is 331 g/mol. The standard InChI is InChI=1S/C10H13BrF3NOS/c1-7(8-2-3-9(11)17-8)15-4-5-16-6-10(12,13)14/h2-3,7,15H,4-6H2,1H3. The Labute approximate surface area is 110 Å². The zero-order chi connectivity index (χ0) is 12.9. The first-order valence-corrected chi connectivity index (χ1v) is 6.62. The van der Waals surface area contributed by atoms with Crippen LogP contribution < -0.4 is 5.32 Å². The van der Waals surface area contributed by atoms with Crippen molar-refractivity contribution in [1.29, 1.82) is 0 Å². The Morgan fingerprint density at radius 1 is 1.47 bits per heavy atom. The molecule has 0 amide bonds. The molecule has 98 valence electrons. The van der Waals surface area contributed by atoms with Gasteiger partial charge in [0.05, 0.1) is 10.4 Å². The van der Waals surface area contributed by atoms with Gasteiger partial charge < -0.3 is 10.1 Å². The molecule has 1 atom stereocenters. The molecule has 7 heteroatoms. The van der Waals surface area contributed by atoms with Crippen molar-refractivity contribution in [3.05, 3.63) is 20.8 Å². The lowest BCUT2D eigenvalue weighted by atomic mass is 10.3. The first kappa shape index (κ1) is 14.9. The third-order valence-electron chi connectivity index (χ3n) is 1.98. The third-order valence-corrected chi connectivity index (χ3v) is 3.79. The van der Waals surface area contributed by atoms with Gasteiger partial charge in [0.1, 0.15) is 6.61 Å². The molecule has 1 aromatic rings. The van der Waals surface area contributed by atoms with Crippen molar-refractivity contribution >= 4 is 27.3 Å². The Kier molecular flexibility index (Phi) is 5.91. The predicted octanol–water partition coefficient (Wildman–Crippen LogP) is 3.74. The van der Waals surface area contributed by atoms with Gasteiger partial charge in [0.15, 0.2) is 0 Å². The Balaban J connectivity index is 2.15. The molecule has 0 saturated carbocycles. The fourth-order valence-corrected chi connectivity index (χ4v) is 2.65. The molecule has 1 heterocycles. The predicted molar refractivity (Wildman–Crippen MR) is 65.3 cm³/mol. The minimum atomic E-state index is -4.25. The van der Waals surface area contributed by atoms with Gasteiger partial charge in [-0.15, -0.1) is 11.3 Å². The first-order chi connectivity index (χ1) is 7.88. The third kappa shape index (κ3) is 6.40. The van der Waals surface area contributed by atoms with Crippen LogP contribution in [0.1, 0.15) is 17.8 Å². The maximum Gasteiger partial charge on any atom is 0.411 e. The molecule has 1 unspecified atom stereocenters. The lowest BCUT2D eigenvalue weighted by Crippen LogP contribution is -2.25. The fourth-order valence-electron chi connectivity index (χ4n) is 1.20. The van der Waals surface area contributed by atoms with Crippen molar-refractivity contribution < 1.29 is 17.9 Å². The van der Waals surface area contributed by atoms with E-state index in [2.05, 4.69) is 26.0 Å². The average molecular weight is 332 g/mol. The highest BCUT2D eigenvalue weighted by Crippen LogP contribution is 2.26. The Morgan fingerprint density at radius 3 is 2.71 bits per heavy atom. The minimum Gasteiger partial charge on any atom is -0.371 e. The van der Waals surface area contributed by atoms with Crippen molar-refractivity contribution in [1.82, 2.24) is 5.32 Å². The summed E-state index contributed by atoms with van der Waals surface area (Å²) >= 11 is 4.95. The van der Waals surface area contributed by atoms with Crippen LogP contribution in [0.4, 0.5) is 13.2 Å². The molecule has 17 heavy (non-hydrogen) atoms. The SMILES string of the molecule is CC(NCCOCC(F)(F)F)c1ccc(Br)s1. The molecule has 1 N–H and O–H groups in total. The van der Waals surface area contributed by atoms with Crippen LogP contribution in [0, 0.1) is 0 Å². The van der Waals surface area contributed by atoms with Crippen LogP contribution in [0.15, 0.2) is 15.9 Å². The molecule has 0 aliphatic carbocycles. The summed E-state index contributed by atoms with van der Waals surface area (Å²) in [6, 6.07) is 4.03. The summed E-state index contributed by atoms with van der Waals surface area (Å²) < 4.78 is 40.8. The molecule has 0 aromatic carbocycles. The molecule has 0 aliphatic heterocycles. The number of halogens is 4. The lowest BCUT2D eigenvalue weighted by Gasteiger charge is -2.12. The van der Waals surface area contributed by atoms with E-state index in [0.717, 1.165) is 8.66 Å². The second-order valence-electron chi connectivity index (χ2n) is 3.49. The summed E-state index contributed by atoms with van der Waals surface area (Å²) in [6.07, 6.45) is -4.25. The number of hydrogen-bond acceptors (Lipinski definition) is 3. The zero-order valence-corrected chi connectivity index (χ0v) is 11.6. The Bertz CT molecular complexity index is 343. The zero-order valence-electron chi connectivity index (χ0n) is 9.18. The van der Waals surface area contributed by atoms with Crippen LogP contribution >= 0.6 is 27.3 Å².